The number of hydrogen-bond acceptors (Lipinski definition) is 3. The zero-order valence-electron chi connectivity index (χ0n) is 12.0. The maximum Gasteiger partial charge on any atom is 0.251 e. The van der Waals surface area contributed by atoms with Gasteiger partial charge in [0.05, 0.1) is 17.7 Å². The highest BCUT2D eigenvalue weighted by atomic mass is 16.2. The molecule has 2 amide bonds. The number of fused-ring (bicyclic) bond motifs is 1. The largest absolute Gasteiger partial charge is 0.341 e. The van der Waals surface area contributed by atoms with Crippen LogP contribution in [0.15, 0.2) is 6.33 Å². The van der Waals surface area contributed by atoms with Crippen LogP contribution in [0.1, 0.15) is 37.2 Å². The van der Waals surface area contributed by atoms with Crippen LogP contribution in [0.25, 0.3) is 0 Å². The summed E-state index contributed by atoms with van der Waals surface area (Å²) in [5, 5.41) is 0. The first-order chi connectivity index (χ1) is 9.59. The zero-order valence-corrected chi connectivity index (χ0v) is 12.0. The summed E-state index contributed by atoms with van der Waals surface area (Å²) in [7, 11) is 1.89. The van der Waals surface area contributed by atoms with E-state index in [9.17, 15) is 9.59 Å². The van der Waals surface area contributed by atoms with Gasteiger partial charge in [0.2, 0.25) is 5.91 Å². The first kappa shape index (κ1) is 13.1. The normalized spacial score (nSPS) is 22.0. The van der Waals surface area contributed by atoms with Crippen molar-refractivity contribution in [2.24, 2.45) is 7.05 Å². The van der Waals surface area contributed by atoms with Crippen molar-refractivity contribution in [3.05, 3.63) is 17.7 Å². The van der Waals surface area contributed by atoms with Crippen molar-refractivity contribution in [3.8, 4) is 0 Å². The van der Waals surface area contributed by atoms with E-state index in [0.717, 1.165) is 43.7 Å². The van der Waals surface area contributed by atoms with Crippen molar-refractivity contribution in [1.29, 1.82) is 0 Å². The van der Waals surface area contributed by atoms with Gasteiger partial charge in [-0.25, -0.2) is 4.98 Å². The van der Waals surface area contributed by atoms with Crippen molar-refractivity contribution in [1.82, 2.24) is 19.4 Å². The minimum absolute atomic E-state index is 0.0438. The summed E-state index contributed by atoms with van der Waals surface area (Å²) < 4.78 is 1.88. The monoisotopic (exact) mass is 276 g/mol. The fraction of sp³-hybridized carbons (Fsp3) is 0.643. The lowest BCUT2D eigenvalue weighted by molar-refractivity contribution is -0.145. The molecule has 3 heterocycles. The molecule has 1 saturated heterocycles. The summed E-state index contributed by atoms with van der Waals surface area (Å²) in [6.45, 7) is 3.71. The lowest BCUT2D eigenvalue weighted by Crippen LogP contribution is -2.47. The second-order valence-corrected chi connectivity index (χ2v) is 5.58. The van der Waals surface area contributed by atoms with Crippen LogP contribution in [0, 0.1) is 0 Å². The summed E-state index contributed by atoms with van der Waals surface area (Å²) in [5.74, 6) is -0.00310. The van der Waals surface area contributed by atoms with E-state index in [0.29, 0.717) is 6.54 Å². The van der Waals surface area contributed by atoms with E-state index in [-0.39, 0.29) is 11.8 Å². The molecule has 20 heavy (non-hydrogen) atoms. The van der Waals surface area contributed by atoms with E-state index in [1.807, 2.05) is 16.5 Å². The number of hydrogen-bond donors (Lipinski definition) is 0. The van der Waals surface area contributed by atoms with Crippen molar-refractivity contribution >= 4 is 11.8 Å². The van der Waals surface area contributed by atoms with Gasteiger partial charge in [-0.1, -0.05) is 0 Å². The van der Waals surface area contributed by atoms with Gasteiger partial charge >= 0.3 is 0 Å². The van der Waals surface area contributed by atoms with E-state index >= 15 is 0 Å². The Hall–Kier alpha value is -1.85. The Balaban J connectivity index is 2.00. The Kier molecular flexibility index (Phi) is 3.23. The molecule has 1 fully saturated rings. The van der Waals surface area contributed by atoms with Crippen LogP contribution < -0.4 is 0 Å². The molecule has 0 spiro atoms. The minimum atomic E-state index is -0.498. The number of aromatic nitrogens is 2. The fourth-order valence-corrected chi connectivity index (χ4v) is 3.23. The molecular formula is C14H20N4O2. The molecule has 0 bridgehead atoms. The molecular weight excluding hydrogens is 256 g/mol. The van der Waals surface area contributed by atoms with Crippen molar-refractivity contribution in [2.45, 2.75) is 32.2 Å². The standard InChI is InChI=1S/C14H20N4O2/c1-10(19)18-8-5-11-12(16(2)9-15-11)13(18)14(20)17-6-3-4-7-17/h9,13H,3-8H2,1-2H3. The number of likely N-dealkylation sites (tertiary alicyclic amines) is 1. The van der Waals surface area contributed by atoms with Crippen molar-refractivity contribution in [3.63, 3.8) is 0 Å². The Labute approximate surface area is 118 Å². The van der Waals surface area contributed by atoms with Gasteiger partial charge in [0.25, 0.3) is 5.91 Å². The van der Waals surface area contributed by atoms with Crippen LogP contribution >= 0.6 is 0 Å². The first-order valence-corrected chi connectivity index (χ1v) is 7.15. The average molecular weight is 276 g/mol. The molecule has 1 aromatic rings. The average Bonchev–Trinajstić information content (AvgIpc) is 3.07. The Bertz CT molecular complexity index is 545. The Morgan fingerprint density at radius 3 is 2.60 bits per heavy atom. The fourth-order valence-electron chi connectivity index (χ4n) is 3.23. The summed E-state index contributed by atoms with van der Waals surface area (Å²) in [6.07, 6.45) is 4.56. The van der Waals surface area contributed by atoms with Crippen LogP contribution in [0.3, 0.4) is 0 Å². The van der Waals surface area contributed by atoms with Gasteiger partial charge in [0.1, 0.15) is 0 Å². The molecule has 108 valence electrons. The Morgan fingerprint density at radius 2 is 1.95 bits per heavy atom. The topological polar surface area (TPSA) is 58.4 Å². The number of carbonyl (C=O) groups excluding carboxylic acids is 2. The molecule has 0 aliphatic carbocycles. The second kappa shape index (κ2) is 4.92. The summed E-state index contributed by atoms with van der Waals surface area (Å²) >= 11 is 0. The number of aryl methyl sites for hydroxylation is 1. The van der Waals surface area contributed by atoms with E-state index in [4.69, 9.17) is 0 Å². The molecule has 0 radical (unpaired) electrons. The molecule has 1 unspecified atom stereocenters. The lowest BCUT2D eigenvalue weighted by Gasteiger charge is -2.36. The number of imidazole rings is 1. The van der Waals surface area contributed by atoms with Gasteiger partial charge in [0.15, 0.2) is 6.04 Å². The summed E-state index contributed by atoms with van der Waals surface area (Å²) in [5.41, 5.74) is 1.82. The summed E-state index contributed by atoms with van der Waals surface area (Å²) in [4.78, 5) is 32.6. The highest BCUT2D eigenvalue weighted by Crippen LogP contribution is 2.31. The van der Waals surface area contributed by atoms with Gasteiger partial charge < -0.3 is 14.4 Å². The smallest absolute Gasteiger partial charge is 0.251 e. The van der Waals surface area contributed by atoms with E-state index in [2.05, 4.69) is 4.98 Å². The van der Waals surface area contributed by atoms with Gasteiger partial charge in [-0.2, -0.15) is 0 Å². The summed E-state index contributed by atoms with van der Waals surface area (Å²) in [6, 6.07) is -0.498. The van der Waals surface area contributed by atoms with Crippen molar-refractivity contribution < 1.29 is 9.59 Å². The number of nitrogens with zero attached hydrogens (tertiary/aromatic N) is 4. The number of carbonyl (C=O) groups is 2. The van der Waals surface area contributed by atoms with E-state index in [1.54, 1.807) is 11.2 Å². The molecule has 1 aromatic heterocycles. The van der Waals surface area contributed by atoms with Crippen LogP contribution in [0.5, 0.6) is 0 Å². The predicted molar refractivity (Wildman–Crippen MR) is 72.9 cm³/mol. The van der Waals surface area contributed by atoms with Crippen LogP contribution in [-0.4, -0.2) is 50.8 Å². The highest BCUT2D eigenvalue weighted by Gasteiger charge is 2.39. The molecule has 6 heteroatoms. The van der Waals surface area contributed by atoms with Crippen LogP contribution in [0.4, 0.5) is 0 Å². The molecule has 2 aliphatic heterocycles. The zero-order chi connectivity index (χ0) is 14.3. The van der Waals surface area contributed by atoms with Gasteiger partial charge in [-0.3, -0.25) is 9.59 Å². The molecule has 0 N–H and O–H groups in total. The molecule has 1 atom stereocenters. The maximum absolute atomic E-state index is 12.8. The first-order valence-electron chi connectivity index (χ1n) is 7.15. The van der Waals surface area contributed by atoms with Crippen LogP contribution in [-0.2, 0) is 23.1 Å². The van der Waals surface area contributed by atoms with E-state index in [1.165, 1.54) is 6.92 Å². The van der Waals surface area contributed by atoms with E-state index < -0.39 is 6.04 Å². The van der Waals surface area contributed by atoms with Gasteiger partial charge in [-0.05, 0) is 12.8 Å². The third-order valence-corrected chi connectivity index (χ3v) is 4.28. The third-order valence-electron chi connectivity index (χ3n) is 4.28. The van der Waals surface area contributed by atoms with Gasteiger partial charge in [-0.15, -0.1) is 0 Å². The molecule has 6 nitrogen and oxygen atoms in total. The molecule has 0 saturated carbocycles. The molecule has 3 rings (SSSR count). The predicted octanol–water partition coefficient (Wildman–Crippen LogP) is 0.488. The quantitative estimate of drug-likeness (QED) is 0.750. The molecule has 0 aromatic carbocycles. The minimum Gasteiger partial charge on any atom is -0.341 e. The van der Waals surface area contributed by atoms with Gasteiger partial charge in [0, 0.05) is 40.0 Å². The maximum atomic E-state index is 12.8. The SMILES string of the molecule is CC(=O)N1CCc2ncn(C)c2C1C(=O)N1CCCC1. The second-order valence-electron chi connectivity index (χ2n) is 5.58. The number of rotatable bonds is 1. The molecule has 2 aliphatic rings. The third kappa shape index (κ3) is 1.99. The Morgan fingerprint density at radius 1 is 1.25 bits per heavy atom. The van der Waals surface area contributed by atoms with Crippen LogP contribution in [0.2, 0.25) is 0 Å². The lowest BCUT2D eigenvalue weighted by atomic mass is 10.0. The number of amides is 2. The highest BCUT2D eigenvalue weighted by molar-refractivity contribution is 5.88. The van der Waals surface area contributed by atoms with Crippen molar-refractivity contribution in [2.75, 3.05) is 19.6 Å².